The lowest BCUT2D eigenvalue weighted by Crippen LogP contribution is -1.71. The molecule has 42 valence electrons. The Morgan fingerprint density at radius 2 is 2.56 bits per heavy atom. The third-order valence-corrected chi connectivity index (χ3v) is 1.69. The predicted molar refractivity (Wildman–Crippen MR) is 36.4 cm³/mol. The normalized spacial score (nSPS) is 10.2. The Bertz CT molecular complexity index is 249. The molecule has 1 nitrogen and oxygen atoms in total. The fourth-order valence-corrected chi connectivity index (χ4v) is 1.24. The largest absolute Gasteiger partial charge is 0.192 e. The van der Waals surface area contributed by atoms with Crippen LogP contribution in [-0.2, 0) is 0 Å². The molecule has 1 aliphatic carbocycles. The minimum absolute atomic E-state index is 0.919. The zero-order valence-corrected chi connectivity index (χ0v) is 5.40. The second-order valence-corrected chi connectivity index (χ2v) is 2.38. The van der Waals surface area contributed by atoms with Crippen molar-refractivity contribution in [1.82, 2.24) is 4.37 Å². The smallest absolute Gasteiger partial charge is 0.0918 e. The van der Waals surface area contributed by atoms with Crippen molar-refractivity contribution in [3.8, 4) is 11.3 Å². The van der Waals surface area contributed by atoms with Crippen molar-refractivity contribution in [2.45, 2.75) is 0 Å². The van der Waals surface area contributed by atoms with Gasteiger partial charge in [0, 0.05) is 17.0 Å². The lowest BCUT2D eigenvalue weighted by atomic mass is 10.3. The average molecular weight is 133 g/mol. The first kappa shape index (κ1) is 4.94. The van der Waals surface area contributed by atoms with Crippen LogP contribution < -0.4 is 0 Å². The molecule has 0 aromatic carbocycles. The van der Waals surface area contributed by atoms with Gasteiger partial charge in [-0.05, 0) is 29.7 Å². The van der Waals surface area contributed by atoms with Crippen LogP contribution in [-0.4, -0.2) is 4.37 Å². The Balaban J connectivity index is 2.79. The molecule has 9 heavy (non-hydrogen) atoms. The van der Waals surface area contributed by atoms with Gasteiger partial charge in [0.15, 0.2) is 0 Å². The fraction of sp³-hybridized carbons (Fsp3) is 0. The molecule has 2 aliphatic rings. The highest BCUT2D eigenvalue weighted by Crippen LogP contribution is 2.18. The first-order valence-electron chi connectivity index (χ1n) is 2.59. The second kappa shape index (κ2) is 1.81. The SMILES string of the molecule is [c]1[c]c2nsccc-2c1. The van der Waals surface area contributed by atoms with Gasteiger partial charge in [0.1, 0.15) is 0 Å². The number of fused-ring (bicyclic) bond motifs is 1. The molecule has 2 rings (SSSR count). The molecule has 0 spiro atoms. The van der Waals surface area contributed by atoms with Gasteiger partial charge in [-0.3, -0.25) is 0 Å². The summed E-state index contributed by atoms with van der Waals surface area (Å²) in [6.45, 7) is 0. The van der Waals surface area contributed by atoms with Gasteiger partial charge >= 0.3 is 0 Å². The van der Waals surface area contributed by atoms with E-state index in [1.165, 1.54) is 11.5 Å². The van der Waals surface area contributed by atoms with E-state index in [0.29, 0.717) is 0 Å². The second-order valence-electron chi connectivity index (χ2n) is 1.72. The quantitative estimate of drug-likeness (QED) is 0.534. The lowest BCUT2D eigenvalue weighted by Gasteiger charge is -1.89. The molecular weight excluding hydrogens is 130 g/mol. The zero-order valence-electron chi connectivity index (χ0n) is 4.59. The van der Waals surface area contributed by atoms with E-state index in [2.05, 4.69) is 16.5 Å². The fourth-order valence-electron chi connectivity index (χ4n) is 0.712. The van der Waals surface area contributed by atoms with Gasteiger partial charge in [-0.15, -0.1) is 0 Å². The third kappa shape index (κ3) is 0.715. The van der Waals surface area contributed by atoms with Crippen molar-refractivity contribution in [3.63, 3.8) is 0 Å². The molecule has 0 saturated carbocycles. The van der Waals surface area contributed by atoms with Crippen molar-refractivity contribution < 1.29 is 0 Å². The Morgan fingerprint density at radius 1 is 1.56 bits per heavy atom. The average Bonchev–Trinajstić information content (AvgIpc) is 2.33. The molecule has 0 bridgehead atoms. The summed E-state index contributed by atoms with van der Waals surface area (Å²) in [5.41, 5.74) is 2.04. The standard InChI is InChI=1S/C7H3NS/c1-2-6-4-5-9-8-7(6)3-1/h2,4-5H. The van der Waals surface area contributed by atoms with Crippen LogP contribution >= 0.6 is 11.5 Å². The van der Waals surface area contributed by atoms with Crippen LogP contribution in [0.3, 0.4) is 0 Å². The maximum Gasteiger partial charge on any atom is 0.0918 e. The summed E-state index contributed by atoms with van der Waals surface area (Å²) >= 11 is 1.44. The summed E-state index contributed by atoms with van der Waals surface area (Å²) < 4.78 is 4.10. The Labute approximate surface area is 57.5 Å². The monoisotopic (exact) mass is 133 g/mol. The highest BCUT2D eigenvalue weighted by molar-refractivity contribution is 7.03. The summed E-state index contributed by atoms with van der Waals surface area (Å²) in [4.78, 5) is 0. The minimum atomic E-state index is 0.919. The number of nitrogens with zero attached hydrogens (tertiary/aromatic N) is 1. The van der Waals surface area contributed by atoms with Gasteiger partial charge in [0.25, 0.3) is 0 Å². The van der Waals surface area contributed by atoms with Crippen molar-refractivity contribution in [2.24, 2.45) is 0 Å². The van der Waals surface area contributed by atoms with Crippen molar-refractivity contribution in [1.29, 1.82) is 0 Å². The molecule has 1 heterocycles. The molecule has 2 heteroatoms. The highest BCUT2D eigenvalue weighted by atomic mass is 32.1. The predicted octanol–water partition coefficient (Wildman–Crippen LogP) is 1.85. The lowest BCUT2D eigenvalue weighted by molar-refractivity contribution is 1.53. The first-order valence-corrected chi connectivity index (χ1v) is 3.43. The third-order valence-electron chi connectivity index (χ3n) is 1.14. The number of aromatic nitrogens is 1. The molecular formula is C7H3NS. The van der Waals surface area contributed by atoms with Gasteiger partial charge in [-0.1, -0.05) is 0 Å². The molecule has 0 fully saturated rings. The molecule has 0 N–H and O–H groups in total. The Hall–Kier alpha value is -0.890. The van der Waals surface area contributed by atoms with E-state index in [1.807, 2.05) is 17.5 Å². The molecule has 1 aliphatic heterocycles. The summed E-state index contributed by atoms with van der Waals surface area (Å²) in [5, 5.41) is 1.95. The van der Waals surface area contributed by atoms with Gasteiger partial charge < -0.3 is 0 Å². The molecule has 0 aromatic rings. The van der Waals surface area contributed by atoms with Crippen LogP contribution in [0.2, 0.25) is 0 Å². The molecule has 2 radical (unpaired) electrons. The molecule has 0 aromatic heterocycles. The van der Waals surface area contributed by atoms with Crippen LogP contribution in [0.4, 0.5) is 0 Å². The van der Waals surface area contributed by atoms with Gasteiger partial charge in [-0.25, -0.2) is 0 Å². The van der Waals surface area contributed by atoms with E-state index in [9.17, 15) is 0 Å². The van der Waals surface area contributed by atoms with E-state index in [0.717, 1.165) is 11.3 Å². The van der Waals surface area contributed by atoms with E-state index >= 15 is 0 Å². The Morgan fingerprint density at radius 3 is 3.44 bits per heavy atom. The topological polar surface area (TPSA) is 12.9 Å². The zero-order chi connectivity index (χ0) is 6.10. The van der Waals surface area contributed by atoms with Crippen LogP contribution in [0.1, 0.15) is 0 Å². The van der Waals surface area contributed by atoms with E-state index in [4.69, 9.17) is 0 Å². The molecule has 0 unspecified atom stereocenters. The van der Waals surface area contributed by atoms with Crippen molar-refractivity contribution in [3.05, 3.63) is 29.6 Å². The van der Waals surface area contributed by atoms with Crippen molar-refractivity contribution >= 4 is 11.5 Å². The number of hydrogen-bond acceptors (Lipinski definition) is 2. The number of rotatable bonds is 0. The van der Waals surface area contributed by atoms with E-state index < -0.39 is 0 Å². The van der Waals surface area contributed by atoms with Crippen molar-refractivity contribution in [2.75, 3.05) is 0 Å². The van der Waals surface area contributed by atoms with E-state index in [1.54, 1.807) is 0 Å². The minimum Gasteiger partial charge on any atom is -0.192 e. The molecule has 0 saturated heterocycles. The van der Waals surface area contributed by atoms with Gasteiger partial charge in [0.05, 0.1) is 5.69 Å². The molecule has 0 atom stereocenters. The summed E-state index contributed by atoms with van der Waals surface area (Å²) in [6, 6.07) is 9.65. The van der Waals surface area contributed by atoms with Crippen LogP contribution in [0.15, 0.2) is 17.5 Å². The van der Waals surface area contributed by atoms with Crippen LogP contribution in [0.25, 0.3) is 11.3 Å². The highest BCUT2D eigenvalue weighted by Gasteiger charge is 1.99. The maximum atomic E-state index is 4.10. The van der Waals surface area contributed by atoms with Gasteiger partial charge in [-0.2, -0.15) is 4.37 Å². The maximum absolute atomic E-state index is 4.10. The number of hydrogen-bond donors (Lipinski definition) is 0. The van der Waals surface area contributed by atoms with Gasteiger partial charge in [0.2, 0.25) is 0 Å². The first-order chi connectivity index (χ1) is 4.47. The van der Waals surface area contributed by atoms with Crippen LogP contribution in [0, 0.1) is 12.1 Å². The Kier molecular flexibility index (Phi) is 0.993. The summed E-state index contributed by atoms with van der Waals surface area (Å²) in [7, 11) is 0. The van der Waals surface area contributed by atoms with Crippen LogP contribution in [0.5, 0.6) is 0 Å². The van der Waals surface area contributed by atoms with E-state index in [-0.39, 0.29) is 0 Å². The summed E-state index contributed by atoms with van der Waals surface area (Å²) in [6.07, 6.45) is 0. The summed E-state index contributed by atoms with van der Waals surface area (Å²) in [5.74, 6) is 0. The molecule has 0 amide bonds.